The van der Waals surface area contributed by atoms with E-state index in [4.69, 9.17) is 9.15 Å². The molecular weight excluding hydrogens is 322 g/mol. The van der Waals surface area contributed by atoms with Gasteiger partial charge in [-0.1, -0.05) is 13.8 Å². The van der Waals surface area contributed by atoms with Gasteiger partial charge in [-0.2, -0.15) is 11.8 Å². The highest BCUT2D eigenvalue weighted by Crippen LogP contribution is 2.29. The first-order valence-electron chi connectivity index (χ1n) is 8.09. The molecule has 2 aromatic rings. The van der Waals surface area contributed by atoms with E-state index in [-0.39, 0.29) is 5.91 Å². The molecule has 5 heteroatoms. The first kappa shape index (κ1) is 18.5. The summed E-state index contributed by atoms with van der Waals surface area (Å²) in [6.45, 7) is 6.76. The van der Waals surface area contributed by atoms with Crippen molar-refractivity contribution in [3.63, 3.8) is 0 Å². The van der Waals surface area contributed by atoms with Gasteiger partial charge in [0.05, 0.1) is 19.1 Å². The molecule has 0 saturated carbocycles. The normalized spacial score (nSPS) is 10.9. The lowest BCUT2D eigenvalue weighted by molar-refractivity contribution is 0.0955. The van der Waals surface area contributed by atoms with Crippen LogP contribution >= 0.6 is 11.8 Å². The molecule has 0 aliphatic carbocycles. The van der Waals surface area contributed by atoms with Gasteiger partial charge in [0.15, 0.2) is 0 Å². The van der Waals surface area contributed by atoms with Gasteiger partial charge in [-0.3, -0.25) is 4.79 Å². The third kappa shape index (κ3) is 4.81. The second-order valence-corrected chi connectivity index (χ2v) is 7.06. The van der Waals surface area contributed by atoms with Crippen LogP contribution in [0.4, 0.5) is 0 Å². The Balaban J connectivity index is 1.90. The Kier molecular flexibility index (Phi) is 6.79. The van der Waals surface area contributed by atoms with Crippen LogP contribution in [0, 0.1) is 6.92 Å². The van der Waals surface area contributed by atoms with Crippen molar-refractivity contribution in [2.45, 2.75) is 32.4 Å². The quantitative estimate of drug-likeness (QED) is 0.720. The maximum atomic E-state index is 12.5. The second kappa shape index (κ2) is 8.83. The standard InChI is InChI=1S/C19H25NO3S/c1-13(2)16-11-17(14(3)10-18(16)22-4)19(21)20-7-9-24-12-15-6-5-8-23-15/h5-6,8,10-11,13H,7,9,12H2,1-4H3,(H,20,21). The molecule has 2 rings (SSSR count). The minimum absolute atomic E-state index is 0.0318. The third-order valence-corrected chi connectivity index (χ3v) is 4.78. The van der Waals surface area contributed by atoms with Crippen molar-refractivity contribution in [1.29, 1.82) is 0 Å². The first-order valence-corrected chi connectivity index (χ1v) is 9.25. The number of carbonyl (C=O) groups is 1. The number of thioether (sulfide) groups is 1. The number of nitrogens with one attached hydrogen (secondary N) is 1. The summed E-state index contributed by atoms with van der Waals surface area (Å²) in [7, 11) is 1.66. The third-order valence-electron chi connectivity index (χ3n) is 3.80. The van der Waals surface area contributed by atoms with Crippen molar-refractivity contribution in [2.75, 3.05) is 19.4 Å². The summed E-state index contributed by atoms with van der Waals surface area (Å²) in [5, 5.41) is 2.99. The SMILES string of the molecule is COc1cc(C)c(C(=O)NCCSCc2ccco2)cc1C(C)C. The predicted molar refractivity (Wildman–Crippen MR) is 99.0 cm³/mol. The van der Waals surface area contributed by atoms with E-state index in [1.165, 1.54) is 0 Å². The molecule has 0 aliphatic rings. The first-order chi connectivity index (χ1) is 11.5. The topological polar surface area (TPSA) is 51.5 Å². The molecule has 1 aromatic carbocycles. The van der Waals surface area contributed by atoms with Gasteiger partial charge in [0.1, 0.15) is 11.5 Å². The van der Waals surface area contributed by atoms with Crippen molar-refractivity contribution in [1.82, 2.24) is 5.32 Å². The Morgan fingerprint density at radius 3 is 2.79 bits per heavy atom. The Morgan fingerprint density at radius 1 is 1.38 bits per heavy atom. The molecule has 0 aliphatic heterocycles. The lowest BCUT2D eigenvalue weighted by Crippen LogP contribution is -2.26. The van der Waals surface area contributed by atoms with Crippen molar-refractivity contribution >= 4 is 17.7 Å². The van der Waals surface area contributed by atoms with Gasteiger partial charge < -0.3 is 14.5 Å². The monoisotopic (exact) mass is 347 g/mol. The highest BCUT2D eigenvalue weighted by molar-refractivity contribution is 7.98. The summed E-state index contributed by atoms with van der Waals surface area (Å²) in [4.78, 5) is 12.5. The smallest absolute Gasteiger partial charge is 0.251 e. The lowest BCUT2D eigenvalue weighted by atomic mass is 9.96. The minimum atomic E-state index is -0.0318. The number of aryl methyl sites for hydroxylation is 1. The van der Waals surface area contributed by atoms with Crippen LogP contribution in [0.1, 0.15) is 47.0 Å². The van der Waals surface area contributed by atoms with Crippen LogP contribution in [0.5, 0.6) is 5.75 Å². The van der Waals surface area contributed by atoms with E-state index < -0.39 is 0 Å². The van der Waals surface area contributed by atoms with Crippen LogP contribution in [-0.2, 0) is 5.75 Å². The van der Waals surface area contributed by atoms with Crippen LogP contribution in [0.2, 0.25) is 0 Å². The van der Waals surface area contributed by atoms with Crippen LogP contribution in [0.15, 0.2) is 34.9 Å². The number of benzene rings is 1. The number of methoxy groups -OCH3 is 1. The maximum Gasteiger partial charge on any atom is 0.251 e. The molecule has 1 N–H and O–H groups in total. The fourth-order valence-electron chi connectivity index (χ4n) is 2.47. The number of amides is 1. The van der Waals surface area contributed by atoms with E-state index in [1.54, 1.807) is 25.1 Å². The molecule has 0 radical (unpaired) electrons. The van der Waals surface area contributed by atoms with E-state index in [1.807, 2.05) is 31.2 Å². The average Bonchev–Trinajstić information content (AvgIpc) is 3.07. The van der Waals surface area contributed by atoms with Crippen molar-refractivity contribution in [2.24, 2.45) is 0 Å². The molecule has 0 unspecified atom stereocenters. The molecule has 1 aromatic heterocycles. The van der Waals surface area contributed by atoms with Gasteiger partial charge in [-0.15, -0.1) is 0 Å². The molecule has 0 bridgehead atoms. The molecular formula is C19H25NO3S. The molecule has 130 valence electrons. The summed E-state index contributed by atoms with van der Waals surface area (Å²) < 4.78 is 10.7. The largest absolute Gasteiger partial charge is 0.496 e. The summed E-state index contributed by atoms with van der Waals surface area (Å²) in [6.07, 6.45) is 1.68. The highest BCUT2D eigenvalue weighted by Gasteiger charge is 2.15. The van der Waals surface area contributed by atoms with Crippen LogP contribution in [0.3, 0.4) is 0 Å². The van der Waals surface area contributed by atoms with Crippen molar-refractivity contribution in [3.8, 4) is 5.75 Å². The minimum Gasteiger partial charge on any atom is -0.496 e. The molecule has 1 amide bonds. The van der Waals surface area contributed by atoms with Crippen LogP contribution in [-0.4, -0.2) is 25.3 Å². The summed E-state index contributed by atoms with van der Waals surface area (Å²) in [6, 6.07) is 7.73. The fraction of sp³-hybridized carbons (Fsp3) is 0.421. The molecule has 0 atom stereocenters. The number of ether oxygens (including phenoxy) is 1. The van der Waals surface area contributed by atoms with E-state index in [9.17, 15) is 4.79 Å². The summed E-state index contributed by atoms with van der Waals surface area (Å²) in [5.74, 6) is 3.74. The second-order valence-electron chi connectivity index (χ2n) is 5.95. The maximum absolute atomic E-state index is 12.5. The van der Waals surface area contributed by atoms with E-state index in [2.05, 4.69) is 19.2 Å². The van der Waals surface area contributed by atoms with Crippen LogP contribution < -0.4 is 10.1 Å². The number of hydrogen-bond acceptors (Lipinski definition) is 4. The van der Waals surface area contributed by atoms with Gasteiger partial charge in [0.2, 0.25) is 0 Å². The Morgan fingerprint density at radius 2 is 2.17 bits per heavy atom. The summed E-state index contributed by atoms with van der Waals surface area (Å²) in [5.41, 5.74) is 2.70. The van der Waals surface area contributed by atoms with E-state index >= 15 is 0 Å². The average molecular weight is 347 g/mol. The highest BCUT2D eigenvalue weighted by atomic mass is 32.2. The lowest BCUT2D eigenvalue weighted by Gasteiger charge is -2.16. The van der Waals surface area contributed by atoms with Crippen molar-refractivity contribution < 1.29 is 13.9 Å². The molecule has 0 spiro atoms. The van der Waals surface area contributed by atoms with Gasteiger partial charge in [-0.25, -0.2) is 0 Å². The Bertz CT molecular complexity index is 666. The van der Waals surface area contributed by atoms with Crippen LogP contribution in [0.25, 0.3) is 0 Å². The zero-order valence-electron chi connectivity index (χ0n) is 14.7. The Labute approximate surface area is 148 Å². The summed E-state index contributed by atoms with van der Waals surface area (Å²) >= 11 is 1.74. The molecule has 0 fully saturated rings. The van der Waals surface area contributed by atoms with Crippen molar-refractivity contribution in [3.05, 3.63) is 53.0 Å². The molecule has 0 saturated heterocycles. The Hall–Kier alpha value is -1.88. The molecule has 24 heavy (non-hydrogen) atoms. The molecule has 1 heterocycles. The molecule has 4 nitrogen and oxygen atoms in total. The van der Waals surface area contributed by atoms with Gasteiger partial charge in [-0.05, 0) is 48.2 Å². The van der Waals surface area contributed by atoms with E-state index in [0.29, 0.717) is 12.5 Å². The van der Waals surface area contributed by atoms with Gasteiger partial charge in [0.25, 0.3) is 5.91 Å². The number of furan rings is 1. The zero-order chi connectivity index (χ0) is 17.5. The number of hydrogen-bond donors (Lipinski definition) is 1. The van der Waals surface area contributed by atoms with E-state index in [0.717, 1.165) is 39.7 Å². The zero-order valence-corrected chi connectivity index (χ0v) is 15.5. The van der Waals surface area contributed by atoms with Gasteiger partial charge in [0, 0.05) is 17.9 Å². The van der Waals surface area contributed by atoms with Gasteiger partial charge >= 0.3 is 0 Å². The fourth-order valence-corrected chi connectivity index (χ4v) is 3.23. The number of rotatable bonds is 8. The predicted octanol–water partition coefficient (Wildman–Crippen LogP) is 4.38. The number of carbonyl (C=O) groups excluding carboxylic acids is 1.